The summed E-state index contributed by atoms with van der Waals surface area (Å²) in [5.74, 6) is 0.811. The van der Waals surface area contributed by atoms with Gasteiger partial charge in [-0.1, -0.05) is 0 Å². The molecule has 0 unspecified atom stereocenters. The van der Waals surface area contributed by atoms with Crippen LogP contribution in [0.2, 0.25) is 0 Å². The number of nitrogens with one attached hydrogen (secondary N) is 1. The van der Waals surface area contributed by atoms with Crippen molar-refractivity contribution in [3.63, 3.8) is 0 Å². The van der Waals surface area contributed by atoms with Crippen molar-refractivity contribution in [3.05, 3.63) is 27.1 Å². The third-order valence-electron chi connectivity index (χ3n) is 2.46. The fraction of sp³-hybridized carbons (Fsp3) is 0.500. The van der Waals surface area contributed by atoms with Crippen LogP contribution in [0.5, 0.6) is 0 Å². The molecule has 1 heterocycles. The van der Waals surface area contributed by atoms with Crippen LogP contribution in [0.25, 0.3) is 0 Å². The summed E-state index contributed by atoms with van der Waals surface area (Å²) in [4.78, 5) is 11.4. The monoisotopic (exact) mass is 256 g/mol. The van der Waals surface area contributed by atoms with Gasteiger partial charge in [-0.15, -0.1) is 0 Å². The number of rotatable bonds is 3. The lowest BCUT2D eigenvalue weighted by atomic mass is 10.3. The summed E-state index contributed by atoms with van der Waals surface area (Å²) in [5.41, 5.74) is 0.923. The summed E-state index contributed by atoms with van der Waals surface area (Å²) in [6, 6.07) is 1.63. The minimum Gasteiger partial charge on any atom is -0.384 e. The molecule has 0 spiro atoms. The molecule has 3 nitrogen and oxygen atoms in total. The van der Waals surface area contributed by atoms with Crippen molar-refractivity contribution >= 4 is 21.6 Å². The molecule has 1 aromatic heterocycles. The van der Waals surface area contributed by atoms with Crippen molar-refractivity contribution in [2.75, 3.05) is 11.9 Å². The third-order valence-corrected chi connectivity index (χ3v) is 3.09. The zero-order valence-corrected chi connectivity index (χ0v) is 9.67. The number of hydrogen-bond acceptors (Lipinski definition) is 2. The van der Waals surface area contributed by atoms with Crippen LogP contribution in [-0.4, -0.2) is 11.1 Å². The Balaban J connectivity index is 2.14. The molecule has 4 heteroatoms. The Hall–Kier alpha value is -0.770. The van der Waals surface area contributed by atoms with Gasteiger partial charge in [0.15, 0.2) is 0 Å². The molecule has 1 aromatic rings. The molecule has 2 rings (SSSR count). The quantitative estimate of drug-likeness (QED) is 0.898. The lowest BCUT2D eigenvalue weighted by Crippen LogP contribution is -2.17. The second-order valence-electron chi connectivity index (χ2n) is 3.81. The Morgan fingerprint density at radius 1 is 1.64 bits per heavy atom. The molecule has 14 heavy (non-hydrogen) atoms. The largest absolute Gasteiger partial charge is 0.384 e. The highest BCUT2D eigenvalue weighted by molar-refractivity contribution is 9.10. The van der Waals surface area contributed by atoms with Gasteiger partial charge in [-0.25, -0.2) is 0 Å². The normalized spacial score (nSPS) is 15.6. The van der Waals surface area contributed by atoms with E-state index in [0.29, 0.717) is 0 Å². The highest BCUT2D eigenvalue weighted by Crippen LogP contribution is 2.29. The van der Waals surface area contributed by atoms with E-state index >= 15 is 0 Å². The van der Waals surface area contributed by atoms with Gasteiger partial charge in [0.2, 0.25) is 0 Å². The summed E-state index contributed by atoms with van der Waals surface area (Å²) in [6.07, 6.45) is 4.42. The van der Waals surface area contributed by atoms with E-state index < -0.39 is 0 Å². The number of anilines is 1. The predicted octanol–water partition coefficient (Wildman–Crippen LogP) is 1.97. The van der Waals surface area contributed by atoms with Gasteiger partial charge >= 0.3 is 0 Å². The zero-order valence-electron chi connectivity index (χ0n) is 8.09. The molecule has 0 aliphatic heterocycles. The van der Waals surface area contributed by atoms with Crippen molar-refractivity contribution in [1.29, 1.82) is 0 Å². The maximum absolute atomic E-state index is 11.4. The van der Waals surface area contributed by atoms with Crippen molar-refractivity contribution in [2.24, 2.45) is 13.0 Å². The first-order chi connectivity index (χ1) is 6.66. The molecular weight excluding hydrogens is 244 g/mol. The minimum atomic E-state index is 0.0199. The summed E-state index contributed by atoms with van der Waals surface area (Å²) in [7, 11) is 1.75. The molecule has 1 N–H and O–H groups in total. The second-order valence-corrected chi connectivity index (χ2v) is 4.66. The van der Waals surface area contributed by atoms with Gasteiger partial charge < -0.3 is 9.88 Å². The van der Waals surface area contributed by atoms with Crippen LogP contribution >= 0.6 is 15.9 Å². The Kier molecular flexibility index (Phi) is 2.63. The van der Waals surface area contributed by atoms with E-state index in [4.69, 9.17) is 0 Å². The first-order valence-electron chi connectivity index (χ1n) is 4.77. The van der Waals surface area contributed by atoms with Gasteiger partial charge in [0, 0.05) is 25.9 Å². The first kappa shape index (κ1) is 9.77. The lowest BCUT2D eigenvalue weighted by Gasteiger charge is -2.08. The average Bonchev–Trinajstić information content (AvgIpc) is 2.92. The van der Waals surface area contributed by atoms with E-state index in [1.807, 2.05) is 0 Å². The average molecular weight is 257 g/mol. The van der Waals surface area contributed by atoms with Crippen LogP contribution in [0, 0.1) is 5.92 Å². The van der Waals surface area contributed by atoms with E-state index in [2.05, 4.69) is 21.2 Å². The highest BCUT2D eigenvalue weighted by atomic mass is 79.9. The maximum Gasteiger partial charge on any atom is 0.252 e. The molecule has 76 valence electrons. The molecule has 0 saturated heterocycles. The van der Waals surface area contributed by atoms with Crippen molar-refractivity contribution in [3.8, 4) is 0 Å². The predicted molar refractivity (Wildman–Crippen MR) is 60.6 cm³/mol. The molecule has 1 saturated carbocycles. The molecule has 0 amide bonds. The topological polar surface area (TPSA) is 34.0 Å². The zero-order chi connectivity index (χ0) is 10.1. The lowest BCUT2D eigenvalue weighted by molar-refractivity contribution is 0.847. The molecule has 0 aromatic carbocycles. The van der Waals surface area contributed by atoms with Gasteiger partial charge in [-0.2, -0.15) is 0 Å². The summed E-state index contributed by atoms with van der Waals surface area (Å²) in [5, 5.41) is 3.28. The van der Waals surface area contributed by atoms with Crippen LogP contribution in [0.1, 0.15) is 12.8 Å². The molecule has 1 fully saturated rings. The van der Waals surface area contributed by atoms with E-state index in [1.54, 1.807) is 23.9 Å². The summed E-state index contributed by atoms with van der Waals surface area (Å²) >= 11 is 3.43. The number of halogens is 1. The van der Waals surface area contributed by atoms with Crippen LogP contribution in [0.4, 0.5) is 5.69 Å². The van der Waals surface area contributed by atoms with Crippen molar-refractivity contribution in [2.45, 2.75) is 12.8 Å². The maximum atomic E-state index is 11.4. The Morgan fingerprint density at radius 2 is 2.36 bits per heavy atom. The number of aromatic nitrogens is 1. The van der Waals surface area contributed by atoms with Crippen LogP contribution in [-0.2, 0) is 7.05 Å². The van der Waals surface area contributed by atoms with Gasteiger partial charge in [-0.3, -0.25) is 4.79 Å². The molecule has 1 aliphatic carbocycles. The van der Waals surface area contributed by atoms with E-state index in [0.717, 1.165) is 22.6 Å². The first-order valence-corrected chi connectivity index (χ1v) is 5.56. The van der Waals surface area contributed by atoms with E-state index in [-0.39, 0.29) is 5.56 Å². The summed E-state index contributed by atoms with van der Waals surface area (Å²) in [6.45, 7) is 0.978. The summed E-state index contributed by atoms with van der Waals surface area (Å²) < 4.78 is 2.51. The SMILES string of the molecule is Cn1cc(Br)c(NCC2CC2)cc1=O. The van der Waals surface area contributed by atoms with Crippen LogP contribution in [0.3, 0.4) is 0 Å². The molecule has 0 radical (unpaired) electrons. The minimum absolute atomic E-state index is 0.0199. The standard InChI is InChI=1S/C10H13BrN2O/c1-13-6-8(11)9(4-10(13)14)12-5-7-2-3-7/h4,6-7,12H,2-3,5H2,1H3. The van der Waals surface area contributed by atoms with E-state index in [9.17, 15) is 4.79 Å². The second kappa shape index (κ2) is 3.77. The van der Waals surface area contributed by atoms with Crippen molar-refractivity contribution in [1.82, 2.24) is 4.57 Å². The highest BCUT2D eigenvalue weighted by Gasteiger charge is 2.20. The van der Waals surface area contributed by atoms with Gasteiger partial charge in [-0.05, 0) is 34.7 Å². The van der Waals surface area contributed by atoms with Crippen LogP contribution < -0.4 is 10.9 Å². The Labute approximate surface area is 91.3 Å². The smallest absolute Gasteiger partial charge is 0.252 e. The van der Waals surface area contributed by atoms with Crippen LogP contribution in [0.15, 0.2) is 21.5 Å². The van der Waals surface area contributed by atoms with Crippen molar-refractivity contribution < 1.29 is 0 Å². The fourth-order valence-corrected chi connectivity index (χ4v) is 1.87. The molecule has 0 bridgehead atoms. The Morgan fingerprint density at radius 3 is 3.00 bits per heavy atom. The molecule has 1 aliphatic rings. The number of hydrogen-bond donors (Lipinski definition) is 1. The van der Waals surface area contributed by atoms with Gasteiger partial charge in [0.25, 0.3) is 5.56 Å². The number of aryl methyl sites for hydroxylation is 1. The van der Waals surface area contributed by atoms with E-state index in [1.165, 1.54) is 12.8 Å². The Bertz CT molecular complexity index is 396. The van der Waals surface area contributed by atoms with Gasteiger partial charge in [0.1, 0.15) is 0 Å². The fourth-order valence-electron chi connectivity index (χ4n) is 1.31. The number of pyridine rings is 1. The third kappa shape index (κ3) is 2.18. The molecule has 0 atom stereocenters. The number of nitrogens with zero attached hydrogens (tertiary/aromatic N) is 1. The van der Waals surface area contributed by atoms with Gasteiger partial charge in [0.05, 0.1) is 10.2 Å². The molecular formula is C10H13BrN2O.